The molecule has 0 radical (unpaired) electrons. The van der Waals surface area contributed by atoms with Crippen molar-refractivity contribution in [1.82, 2.24) is 15.0 Å². The first-order valence-electron chi connectivity index (χ1n) is 8.54. The Balaban J connectivity index is 1.42. The fourth-order valence-corrected chi connectivity index (χ4v) is 2.70. The summed E-state index contributed by atoms with van der Waals surface area (Å²) in [4.78, 5) is 12.2. The second-order valence-electron chi connectivity index (χ2n) is 5.92. The molecule has 0 saturated carbocycles. The molecule has 4 aromatic rings. The number of hydrogen-bond acceptors (Lipinski definition) is 5. The van der Waals surface area contributed by atoms with Crippen molar-refractivity contribution in [3.63, 3.8) is 0 Å². The Morgan fingerprint density at radius 1 is 0.889 bits per heavy atom. The number of esters is 1. The molecule has 4 rings (SSSR count). The molecule has 0 aliphatic rings. The summed E-state index contributed by atoms with van der Waals surface area (Å²) in [5.41, 5.74) is 2.33. The van der Waals surface area contributed by atoms with Gasteiger partial charge in [0, 0.05) is 5.56 Å². The number of carbonyl (C=O) groups is 1. The predicted octanol–water partition coefficient (Wildman–Crippen LogP) is 3.97. The van der Waals surface area contributed by atoms with Crippen LogP contribution >= 0.6 is 0 Å². The molecule has 0 atom stereocenters. The van der Waals surface area contributed by atoms with Crippen molar-refractivity contribution in [1.29, 1.82) is 0 Å². The van der Waals surface area contributed by atoms with Crippen molar-refractivity contribution in [2.45, 2.75) is 13.2 Å². The normalized spacial score (nSPS) is 10.7. The number of aromatic nitrogens is 3. The zero-order valence-corrected chi connectivity index (χ0v) is 14.5. The molecule has 134 valence electrons. The Morgan fingerprint density at radius 3 is 2.52 bits per heavy atom. The third kappa shape index (κ3) is 3.95. The lowest BCUT2D eigenvalue weighted by molar-refractivity contribution is -0.145. The molecule has 0 bridgehead atoms. The van der Waals surface area contributed by atoms with E-state index in [9.17, 15) is 4.79 Å². The SMILES string of the molecule is O=C(Cn1nnc2ccccc21)OCc1ccccc1Oc1ccccc1. The molecule has 0 spiro atoms. The van der Waals surface area contributed by atoms with E-state index in [-0.39, 0.29) is 19.1 Å². The van der Waals surface area contributed by atoms with E-state index < -0.39 is 0 Å². The largest absolute Gasteiger partial charge is 0.459 e. The zero-order chi connectivity index (χ0) is 18.5. The summed E-state index contributed by atoms with van der Waals surface area (Å²) in [5.74, 6) is 0.994. The summed E-state index contributed by atoms with van der Waals surface area (Å²) < 4.78 is 12.8. The Labute approximate surface area is 156 Å². The van der Waals surface area contributed by atoms with Gasteiger partial charge in [-0.05, 0) is 30.3 Å². The average Bonchev–Trinajstić information content (AvgIpc) is 3.11. The molecule has 1 aromatic heterocycles. The zero-order valence-electron chi connectivity index (χ0n) is 14.5. The number of para-hydroxylation sites is 3. The first kappa shape index (κ1) is 16.8. The van der Waals surface area contributed by atoms with Crippen molar-refractivity contribution in [3.8, 4) is 11.5 Å². The van der Waals surface area contributed by atoms with Crippen molar-refractivity contribution in [2.75, 3.05) is 0 Å². The Bertz CT molecular complexity index is 1060. The first-order chi connectivity index (χ1) is 13.3. The number of ether oxygens (including phenoxy) is 2. The highest BCUT2D eigenvalue weighted by Gasteiger charge is 2.11. The summed E-state index contributed by atoms with van der Waals surface area (Å²) in [6.45, 7) is 0.122. The molecule has 27 heavy (non-hydrogen) atoms. The van der Waals surface area contributed by atoms with Gasteiger partial charge in [0.25, 0.3) is 0 Å². The maximum atomic E-state index is 12.2. The van der Waals surface area contributed by atoms with Crippen LogP contribution in [0.3, 0.4) is 0 Å². The number of rotatable bonds is 6. The molecule has 3 aromatic carbocycles. The molecule has 0 saturated heterocycles. The van der Waals surface area contributed by atoms with Gasteiger partial charge in [0.1, 0.15) is 30.2 Å². The summed E-state index contributed by atoms with van der Waals surface area (Å²) in [7, 11) is 0. The molecule has 0 aliphatic carbocycles. The lowest BCUT2D eigenvalue weighted by Gasteiger charge is -2.11. The molecule has 0 unspecified atom stereocenters. The van der Waals surface area contributed by atoms with Gasteiger partial charge in [0.15, 0.2) is 0 Å². The van der Waals surface area contributed by atoms with Crippen LogP contribution in [0.4, 0.5) is 0 Å². The Morgan fingerprint density at radius 2 is 1.63 bits per heavy atom. The summed E-state index contributed by atoms with van der Waals surface area (Å²) in [5, 5.41) is 8.04. The van der Waals surface area contributed by atoms with Crippen molar-refractivity contribution < 1.29 is 14.3 Å². The summed E-state index contributed by atoms with van der Waals surface area (Å²) in [6, 6.07) is 24.4. The van der Waals surface area contributed by atoms with Crippen LogP contribution in [0.15, 0.2) is 78.9 Å². The summed E-state index contributed by atoms with van der Waals surface area (Å²) >= 11 is 0. The van der Waals surface area contributed by atoms with Crippen molar-refractivity contribution in [2.24, 2.45) is 0 Å². The maximum absolute atomic E-state index is 12.2. The molecule has 0 fully saturated rings. The number of nitrogens with zero attached hydrogens (tertiary/aromatic N) is 3. The molecule has 0 aliphatic heterocycles. The smallest absolute Gasteiger partial charge is 0.328 e. The van der Waals surface area contributed by atoms with Gasteiger partial charge in [-0.15, -0.1) is 5.10 Å². The van der Waals surface area contributed by atoms with Crippen LogP contribution < -0.4 is 4.74 Å². The second kappa shape index (κ2) is 7.70. The van der Waals surface area contributed by atoms with E-state index in [0.29, 0.717) is 5.75 Å². The third-order valence-electron chi connectivity index (χ3n) is 4.03. The molecule has 6 heteroatoms. The van der Waals surface area contributed by atoms with Gasteiger partial charge in [-0.25, -0.2) is 4.68 Å². The number of hydrogen-bond donors (Lipinski definition) is 0. The molecule has 0 amide bonds. The quantitative estimate of drug-likeness (QED) is 0.487. The second-order valence-corrected chi connectivity index (χ2v) is 5.92. The Kier molecular flexibility index (Phi) is 4.78. The molecular weight excluding hydrogens is 342 g/mol. The molecular formula is C21H17N3O3. The van der Waals surface area contributed by atoms with Gasteiger partial charge < -0.3 is 9.47 Å². The van der Waals surface area contributed by atoms with Crippen LogP contribution in [0.25, 0.3) is 11.0 Å². The lowest BCUT2D eigenvalue weighted by atomic mass is 10.2. The fraction of sp³-hybridized carbons (Fsp3) is 0.0952. The average molecular weight is 359 g/mol. The Hall–Kier alpha value is -3.67. The van der Waals surface area contributed by atoms with E-state index in [0.717, 1.165) is 22.3 Å². The van der Waals surface area contributed by atoms with Crippen molar-refractivity contribution >= 4 is 17.0 Å². The number of carbonyl (C=O) groups excluding carboxylic acids is 1. The van der Waals surface area contributed by atoms with Crippen molar-refractivity contribution in [3.05, 3.63) is 84.4 Å². The van der Waals surface area contributed by atoms with Crippen LogP contribution in [0.1, 0.15) is 5.56 Å². The van der Waals surface area contributed by atoms with Gasteiger partial charge in [-0.3, -0.25) is 4.79 Å². The minimum Gasteiger partial charge on any atom is -0.459 e. The summed E-state index contributed by atoms with van der Waals surface area (Å²) in [6.07, 6.45) is 0. The van der Waals surface area contributed by atoms with E-state index in [2.05, 4.69) is 10.3 Å². The van der Waals surface area contributed by atoms with Crippen LogP contribution in [0.5, 0.6) is 11.5 Å². The van der Waals surface area contributed by atoms with Gasteiger partial charge in [-0.1, -0.05) is 53.7 Å². The minimum atomic E-state index is -0.389. The fourth-order valence-electron chi connectivity index (χ4n) is 2.70. The maximum Gasteiger partial charge on any atom is 0.328 e. The first-order valence-corrected chi connectivity index (χ1v) is 8.54. The van der Waals surface area contributed by atoms with Crippen LogP contribution in [0.2, 0.25) is 0 Å². The monoisotopic (exact) mass is 359 g/mol. The molecule has 6 nitrogen and oxygen atoms in total. The number of fused-ring (bicyclic) bond motifs is 1. The highest BCUT2D eigenvalue weighted by Crippen LogP contribution is 2.25. The van der Waals surface area contributed by atoms with Gasteiger partial charge >= 0.3 is 5.97 Å². The van der Waals surface area contributed by atoms with E-state index in [1.165, 1.54) is 4.68 Å². The topological polar surface area (TPSA) is 66.2 Å². The lowest BCUT2D eigenvalue weighted by Crippen LogP contribution is -2.14. The van der Waals surface area contributed by atoms with Crippen LogP contribution in [-0.2, 0) is 22.7 Å². The third-order valence-corrected chi connectivity index (χ3v) is 4.03. The van der Waals surface area contributed by atoms with E-state index in [1.807, 2.05) is 78.9 Å². The van der Waals surface area contributed by atoms with Crippen LogP contribution in [0, 0.1) is 0 Å². The standard InChI is InChI=1S/C21H17N3O3/c25-21(14-24-19-12-6-5-11-18(19)22-23-24)26-15-16-8-4-7-13-20(16)27-17-9-2-1-3-10-17/h1-13H,14-15H2. The van der Waals surface area contributed by atoms with Gasteiger partial charge in [0.2, 0.25) is 0 Å². The van der Waals surface area contributed by atoms with Crippen LogP contribution in [-0.4, -0.2) is 21.0 Å². The van der Waals surface area contributed by atoms with Gasteiger partial charge in [-0.2, -0.15) is 0 Å². The minimum absolute atomic E-state index is 0.00221. The van der Waals surface area contributed by atoms with E-state index >= 15 is 0 Å². The molecule has 0 N–H and O–H groups in total. The van der Waals surface area contributed by atoms with E-state index in [1.54, 1.807) is 0 Å². The molecule has 1 heterocycles. The highest BCUT2D eigenvalue weighted by atomic mass is 16.5. The predicted molar refractivity (Wildman–Crippen MR) is 100 cm³/mol. The van der Waals surface area contributed by atoms with E-state index in [4.69, 9.17) is 9.47 Å². The van der Waals surface area contributed by atoms with Gasteiger partial charge in [0.05, 0.1) is 5.52 Å². The number of benzene rings is 3. The highest BCUT2D eigenvalue weighted by molar-refractivity contribution is 5.77.